The largest absolute Gasteiger partial charge is 1.00 e. The number of hydrogen-bond donors (Lipinski definition) is 0. The Hall–Kier alpha value is 1.34. The van der Waals surface area contributed by atoms with Crippen LogP contribution in [0.25, 0.3) is 0 Å². The van der Waals surface area contributed by atoms with E-state index in [4.69, 9.17) is 0 Å². The predicted molar refractivity (Wildman–Crippen MR) is 152 cm³/mol. The van der Waals surface area contributed by atoms with E-state index in [1.165, 1.54) is 102 Å². The second kappa shape index (κ2) is 30.3. The Labute approximate surface area is 278 Å². The van der Waals surface area contributed by atoms with Crippen LogP contribution in [0.5, 0.6) is 0 Å². The van der Waals surface area contributed by atoms with Gasteiger partial charge in [-0.05, 0) is 25.7 Å². The van der Waals surface area contributed by atoms with E-state index in [0.29, 0.717) is 12.8 Å². The molecule has 0 aliphatic carbocycles. The van der Waals surface area contributed by atoms with E-state index in [2.05, 4.69) is 17.5 Å². The standard InChI is InChI=1S/C28H54O5S2.2Na.2H/c1-3-5-7-9-11-13-15-17-19-21-23-25-27-34(29,30)33-35(31,32)28-26-24-22-20-18-16-14-12-10-8-6-4-2;;;;/h25-28H,3-24H2,1-2H3;;;;/q;2*+1;2*-1. The Morgan fingerprint density at radius 3 is 0.973 bits per heavy atom. The van der Waals surface area contributed by atoms with Crippen LogP contribution in [-0.2, 0) is 23.9 Å². The van der Waals surface area contributed by atoms with Crippen LogP contribution in [0.2, 0.25) is 0 Å². The molecule has 0 atom stereocenters. The third kappa shape index (κ3) is 33.4. The summed E-state index contributed by atoms with van der Waals surface area (Å²) in [7, 11) is -8.48. The maximum absolute atomic E-state index is 11.9. The van der Waals surface area contributed by atoms with Crippen molar-refractivity contribution in [2.75, 3.05) is 0 Å². The van der Waals surface area contributed by atoms with Crippen molar-refractivity contribution >= 4 is 20.2 Å². The fourth-order valence-corrected chi connectivity index (χ4v) is 6.21. The van der Waals surface area contributed by atoms with Gasteiger partial charge in [0, 0.05) is 0 Å². The molecule has 0 aromatic heterocycles. The van der Waals surface area contributed by atoms with Crippen molar-refractivity contribution in [2.24, 2.45) is 0 Å². The topological polar surface area (TPSA) is 77.5 Å². The average molecular weight is 583 g/mol. The van der Waals surface area contributed by atoms with E-state index >= 15 is 0 Å². The molecule has 0 unspecified atom stereocenters. The number of allylic oxidation sites excluding steroid dienone is 2. The first-order chi connectivity index (χ1) is 16.8. The van der Waals surface area contributed by atoms with Crippen molar-refractivity contribution in [3.05, 3.63) is 23.0 Å². The molecular weight excluding hydrogens is 526 g/mol. The van der Waals surface area contributed by atoms with Gasteiger partial charge in [-0.3, -0.25) is 0 Å². The molecule has 0 fully saturated rings. The van der Waals surface area contributed by atoms with Gasteiger partial charge in [0.2, 0.25) is 0 Å². The van der Waals surface area contributed by atoms with Crippen LogP contribution in [0.1, 0.15) is 158 Å². The summed E-state index contributed by atoms with van der Waals surface area (Å²) in [6.45, 7) is 4.45. The molecule has 5 nitrogen and oxygen atoms in total. The summed E-state index contributed by atoms with van der Waals surface area (Å²) in [5.74, 6) is 0. The zero-order valence-electron chi connectivity index (χ0n) is 26.7. The fraction of sp³-hybridized carbons (Fsp3) is 0.857. The van der Waals surface area contributed by atoms with E-state index in [0.717, 1.165) is 49.3 Å². The summed E-state index contributed by atoms with van der Waals surface area (Å²) in [6, 6.07) is 0. The molecule has 0 aromatic carbocycles. The molecule has 0 heterocycles. The average Bonchev–Trinajstić information content (AvgIpc) is 2.79. The molecule has 0 saturated heterocycles. The Bertz CT molecular complexity index is 685. The van der Waals surface area contributed by atoms with Gasteiger partial charge in [0.1, 0.15) is 0 Å². The number of unbranched alkanes of at least 4 members (excludes halogenated alkanes) is 20. The van der Waals surface area contributed by atoms with Crippen molar-refractivity contribution in [3.8, 4) is 0 Å². The van der Waals surface area contributed by atoms with Gasteiger partial charge in [0.15, 0.2) is 0 Å². The third-order valence-electron chi connectivity index (χ3n) is 6.16. The summed E-state index contributed by atoms with van der Waals surface area (Å²) in [5, 5.41) is 1.74. The summed E-state index contributed by atoms with van der Waals surface area (Å²) in [4.78, 5) is 0. The first-order valence-corrected chi connectivity index (χ1v) is 17.3. The summed E-state index contributed by atoms with van der Waals surface area (Å²) in [6.07, 6.45) is 28.5. The van der Waals surface area contributed by atoms with Gasteiger partial charge >= 0.3 is 79.4 Å². The van der Waals surface area contributed by atoms with Crippen LogP contribution < -0.4 is 59.1 Å². The van der Waals surface area contributed by atoms with E-state index in [1.54, 1.807) is 0 Å². The molecule has 37 heavy (non-hydrogen) atoms. The van der Waals surface area contributed by atoms with Crippen molar-refractivity contribution in [1.29, 1.82) is 0 Å². The summed E-state index contributed by atoms with van der Waals surface area (Å²) < 4.78 is 52.1. The molecule has 0 N–H and O–H groups in total. The van der Waals surface area contributed by atoms with Gasteiger partial charge in [0.25, 0.3) is 0 Å². The zero-order chi connectivity index (χ0) is 26.1. The van der Waals surface area contributed by atoms with Crippen LogP contribution in [0.3, 0.4) is 0 Å². The van der Waals surface area contributed by atoms with Crippen LogP contribution in [0.15, 0.2) is 23.0 Å². The minimum absolute atomic E-state index is 0. The molecule has 0 bridgehead atoms. The first kappa shape index (κ1) is 42.8. The second-order valence-electron chi connectivity index (χ2n) is 9.74. The van der Waals surface area contributed by atoms with Crippen LogP contribution in [0, 0.1) is 0 Å². The molecule has 0 spiro atoms. The van der Waals surface area contributed by atoms with Gasteiger partial charge in [-0.2, -0.15) is 16.8 Å². The molecular formula is C28H56Na2O5S2. The van der Waals surface area contributed by atoms with Gasteiger partial charge in [-0.25, -0.2) is 0 Å². The second-order valence-corrected chi connectivity index (χ2v) is 12.8. The SMILES string of the molecule is CCCCCCCCCCCCC=CS(=O)(=O)OS(=O)(=O)C=CCCCCCCCCCCCC.[H-].[H-].[Na+].[Na+]. The van der Waals surface area contributed by atoms with E-state index in [9.17, 15) is 16.8 Å². The monoisotopic (exact) mass is 582 g/mol. The molecule has 9 heteroatoms. The maximum Gasteiger partial charge on any atom is 1.00 e. The Morgan fingerprint density at radius 2 is 0.703 bits per heavy atom. The van der Waals surface area contributed by atoms with Gasteiger partial charge in [-0.15, -0.1) is 3.63 Å². The van der Waals surface area contributed by atoms with E-state index in [-0.39, 0.29) is 62.0 Å². The Morgan fingerprint density at radius 1 is 0.459 bits per heavy atom. The maximum atomic E-state index is 11.9. The number of hydrogen-bond acceptors (Lipinski definition) is 5. The normalized spacial score (nSPS) is 12.2. The summed E-state index contributed by atoms with van der Waals surface area (Å²) >= 11 is 0. The van der Waals surface area contributed by atoms with Crippen LogP contribution in [-0.4, -0.2) is 16.8 Å². The number of rotatable bonds is 26. The molecule has 0 saturated carbocycles. The van der Waals surface area contributed by atoms with E-state index in [1.807, 2.05) is 0 Å². The molecule has 212 valence electrons. The van der Waals surface area contributed by atoms with Gasteiger partial charge in [-0.1, -0.05) is 142 Å². The van der Waals surface area contributed by atoms with Crippen molar-refractivity contribution in [3.63, 3.8) is 0 Å². The van der Waals surface area contributed by atoms with Gasteiger partial charge < -0.3 is 2.85 Å². The summed E-state index contributed by atoms with van der Waals surface area (Å²) in [5.41, 5.74) is 0. The minimum atomic E-state index is -4.24. The molecule has 0 amide bonds. The molecule has 0 rings (SSSR count). The minimum Gasteiger partial charge on any atom is -1.00 e. The van der Waals surface area contributed by atoms with Gasteiger partial charge in [0.05, 0.1) is 10.8 Å². The van der Waals surface area contributed by atoms with E-state index < -0.39 is 20.2 Å². The predicted octanol–water partition coefficient (Wildman–Crippen LogP) is 3.55. The smallest absolute Gasteiger partial charge is 1.00 e. The van der Waals surface area contributed by atoms with Crippen molar-refractivity contribution in [2.45, 2.75) is 155 Å². The van der Waals surface area contributed by atoms with Crippen molar-refractivity contribution in [1.82, 2.24) is 0 Å². The molecule has 0 aliphatic heterocycles. The third-order valence-corrected chi connectivity index (χ3v) is 8.73. The van der Waals surface area contributed by atoms with Crippen molar-refractivity contribution < 1.29 is 82.4 Å². The molecule has 0 aromatic rings. The Balaban J connectivity index is -0.000000963. The van der Waals surface area contributed by atoms with Crippen LogP contribution >= 0.6 is 0 Å². The molecule has 0 aliphatic rings. The first-order valence-electron chi connectivity index (χ1n) is 14.4. The van der Waals surface area contributed by atoms with Crippen LogP contribution in [0.4, 0.5) is 0 Å². The quantitative estimate of drug-likeness (QED) is 0.115. The fourth-order valence-electron chi connectivity index (χ4n) is 4.05. The molecule has 0 radical (unpaired) electrons. The Kier molecular flexibility index (Phi) is 35.1. The zero-order valence-corrected chi connectivity index (χ0v) is 30.4.